The molecule has 18 heavy (non-hydrogen) atoms. The molecule has 2 nitrogen and oxygen atoms in total. The van der Waals surface area contributed by atoms with Crippen LogP contribution in [0.25, 0.3) is 31.3 Å². The molecule has 0 aliphatic rings. The van der Waals surface area contributed by atoms with Gasteiger partial charge in [0.25, 0.3) is 5.35 Å². The molecule has 88 valence electrons. The number of hydrogen-bond acceptors (Lipinski definition) is 3. The molecule has 0 bridgehead atoms. The zero-order valence-electron chi connectivity index (χ0n) is 8.91. The van der Waals surface area contributed by atoms with Crippen molar-refractivity contribution in [3.63, 3.8) is 0 Å². The van der Waals surface area contributed by atoms with Crippen LogP contribution in [-0.2, 0) is 0 Å². The fraction of sp³-hybridized carbons (Fsp3) is 0. The largest absolute Gasteiger partial charge is 0.427 e. The van der Waals surface area contributed by atoms with Crippen molar-refractivity contribution in [3.8, 4) is 0 Å². The van der Waals surface area contributed by atoms with E-state index >= 15 is 0 Å². The Kier molecular flexibility index (Phi) is 2.13. The molecule has 0 saturated carbocycles. The molecule has 5 heteroatoms. The van der Waals surface area contributed by atoms with Gasteiger partial charge in [0.15, 0.2) is 5.58 Å². The summed E-state index contributed by atoms with van der Waals surface area (Å²) in [5.41, 5.74) is 1.52. The fourth-order valence-corrected chi connectivity index (χ4v) is 3.74. The third-order valence-electron chi connectivity index (χ3n) is 2.93. The molecule has 2 aromatic heterocycles. The van der Waals surface area contributed by atoms with E-state index in [2.05, 4.69) is 4.98 Å². The third kappa shape index (κ3) is 1.38. The third-order valence-corrected chi connectivity index (χ3v) is 4.44. The van der Waals surface area contributed by atoms with E-state index in [0.29, 0.717) is 0 Å². The number of benzene rings is 2. The first kappa shape index (κ1) is 10.6. The zero-order valence-corrected chi connectivity index (χ0v) is 11.2. The second kappa shape index (κ2) is 3.60. The number of hydrogen-bond donors (Lipinski definition) is 0. The first-order chi connectivity index (χ1) is 8.72. The van der Waals surface area contributed by atoms with Gasteiger partial charge in [0.05, 0.1) is 0 Å². The molecule has 4 rings (SSSR count). The van der Waals surface area contributed by atoms with Crippen molar-refractivity contribution in [2.75, 3.05) is 0 Å². The lowest BCUT2D eigenvalue weighted by Crippen LogP contribution is -1.70. The molecule has 0 fully saturated rings. The van der Waals surface area contributed by atoms with E-state index in [-0.39, 0.29) is 5.35 Å². The summed E-state index contributed by atoms with van der Waals surface area (Å²) < 4.78 is 7.79. The van der Waals surface area contributed by atoms with E-state index < -0.39 is 0 Å². The van der Waals surface area contributed by atoms with Crippen LogP contribution in [0.3, 0.4) is 0 Å². The van der Waals surface area contributed by atoms with Crippen molar-refractivity contribution in [3.05, 3.63) is 40.7 Å². The van der Waals surface area contributed by atoms with E-state index in [4.69, 9.17) is 27.6 Å². The molecule has 0 spiro atoms. The molecule has 0 radical (unpaired) electrons. The summed E-state index contributed by atoms with van der Waals surface area (Å²) in [6, 6.07) is 9.81. The lowest BCUT2D eigenvalue weighted by molar-refractivity contribution is 0.608. The van der Waals surface area contributed by atoms with Crippen LogP contribution in [-0.4, -0.2) is 4.98 Å². The number of fused-ring (bicyclic) bond motifs is 5. The minimum atomic E-state index is 0.172. The van der Waals surface area contributed by atoms with Gasteiger partial charge in [-0.2, -0.15) is 4.98 Å². The van der Waals surface area contributed by atoms with Crippen LogP contribution in [0.5, 0.6) is 0 Å². The molecule has 0 N–H and O–H groups in total. The maximum atomic E-state index is 6.02. The molecule has 0 saturated heterocycles. The highest BCUT2D eigenvalue weighted by atomic mass is 35.5. The van der Waals surface area contributed by atoms with Gasteiger partial charge in [0.2, 0.25) is 0 Å². The van der Waals surface area contributed by atoms with Crippen LogP contribution in [0, 0.1) is 0 Å². The highest BCUT2D eigenvalue weighted by Gasteiger charge is 2.13. The Labute approximate surface area is 116 Å². The molecule has 0 aliphatic heterocycles. The molecule has 2 aromatic carbocycles. The number of oxazole rings is 1. The molecule has 0 amide bonds. The van der Waals surface area contributed by atoms with Gasteiger partial charge in [-0.05, 0) is 35.9 Å². The Morgan fingerprint density at radius 1 is 1.06 bits per heavy atom. The van der Waals surface area contributed by atoms with E-state index in [1.807, 2.05) is 30.3 Å². The van der Waals surface area contributed by atoms with Gasteiger partial charge < -0.3 is 4.42 Å². The summed E-state index contributed by atoms with van der Waals surface area (Å²) in [6.45, 7) is 0. The summed E-state index contributed by atoms with van der Waals surface area (Å²) in [7, 11) is 0. The first-order valence-corrected chi connectivity index (χ1v) is 6.86. The van der Waals surface area contributed by atoms with Crippen LogP contribution in [0.2, 0.25) is 10.4 Å². The van der Waals surface area contributed by atoms with E-state index in [1.165, 1.54) is 0 Å². The highest BCUT2D eigenvalue weighted by molar-refractivity contribution is 7.26. The second-order valence-corrected chi connectivity index (χ2v) is 5.84. The van der Waals surface area contributed by atoms with Crippen molar-refractivity contribution >= 4 is 65.8 Å². The molecule has 0 atom stereocenters. The average Bonchev–Trinajstić information content (AvgIpc) is 2.86. The second-order valence-electron chi connectivity index (χ2n) is 4.00. The van der Waals surface area contributed by atoms with Gasteiger partial charge in [-0.15, -0.1) is 11.3 Å². The zero-order chi connectivity index (χ0) is 12.3. The van der Waals surface area contributed by atoms with Gasteiger partial charge in [0.1, 0.15) is 5.52 Å². The van der Waals surface area contributed by atoms with Gasteiger partial charge in [-0.25, -0.2) is 0 Å². The Hall–Kier alpha value is -1.29. The van der Waals surface area contributed by atoms with E-state index in [9.17, 15) is 0 Å². The van der Waals surface area contributed by atoms with Gasteiger partial charge in [-0.3, -0.25) is 0 Å². The summed E-state index contributed by atoms with van der Waals surface area (Å²) in [6.07, 6.45) is 0. The quantitative estimate of drug-likeness (QED) is 0.428. The lowest BCUT2D eigenvalue weighted by Gasteiger charge is -1.93. The van der Waals surface area contributed by atoms with Crippen LogP contribution in [0.1, 0.15) is 0 Å². The number of halogens is 2. The number of nitrogens with zero attached hydrogens (tertiary/aromatic N) is 1. The van der Waals surface area contributed by atoms with Gasteiger partial charge >= 0.3 is 0 Å². The normalized spacial score (nSPS) is 11.9. The Bertz CT molecular complexity index is 909. The van der Waals surface area contributed by atoms with Crippen molar-refractivity contribution in [1.82, 2.24) is 4.98 Å². The van der Waals surface area contributed by atoms with E-state index in [0.717, 1.165) is 36.3 Å². The number of rotatable bonds is 0. The van der Waals surface area contributed by atoms with Crippen molar-refractivity contribution in [1.29, 1.82) is 0 Å². The number of thiophene rings is 1. The summed E-state index contributed by atoms with van der Waals surface area (Å²) in [4.78, 5) is 4.14. The average molecular weight is 294 g/mol. The Balaban J connectivity index is 2.31. The van der Waals surface area contributed by atoms with Gasteiger partial charge in [-0.1, -0.05) is 17.7 Å². The Morgan fingerprint density at radius 3 is 2.83 bits per heavy atom. The molecule has 0 aliphatic carbocycles. The summed E-state index contributed by atoms with van der Waals surface area (Å²) >= 11 is 13.5. The molecule has 0 unspecified atom stereocenters. The predicted molar refractivity (Wildman–Crippen MR) is 76.9 cm³/mol. The maximum absolute atomic E-state index is 6.02. The van der Waals surface area contributed by atoms with Crippen molar-refractivity contribution in [2.45, 2.75) is 0 Å². The SMILES string of the molecule is Clc1ccc2c(c1)sc1ccc3nc(Cl)oc3c12. The van der Waals surface area contributed by atoms with Crippen molar-refractivity contribution in [2.24, 2.45) is 0 Å². The van der Waals surface area contributed by atoms with Crippen LogP contribution < -0.4 is 0 Å². The number of aromatic nitrogens is 1. The smallest absolute Gasteiger partial charge is 0.293 e. The summed E-state index contributed by atoms with van der Waals surface area (Å²) in [5, 5.41) is 3.09. The van der Waals surface area contributed by atoms with E-state index in [1.54, 1.807) is 11.3 Å². The van der Waals surface area contributed by atoms with Crippen LogP contribution in [0.15, 0.2) is 34.7 Å². The molecular weight excluding hydrogens is 289 g/mol. The minimum absolute atomic E-state index is 0.172. The highest BCUT2D eigenvalue weighted by Crippen LogP contribution is 2.39. The monoisotopic (exact) mass is 293 g/mol. The topological polar surface area (TPSA) is 26.0 Å². The molecule has 4 aromatic rings. The van der Waals surface area contributed by atoms with Crippen LogP contribution in [0.4, 0.5) is 0 Å². The minimum Gasteiger partial charge on any atom is -0.427 e. The maximum Gasteiger partial charge on any atom is 0.293 e. The molecule has 2 heterocycles. The predicted octanol–water partition coefficient (Wildman–Crippen LogP) is 5.50. The standard InChI is InChI=1S/C13H5Cl2NOS/c14-6-1-2-7-10(5-6)18-9-4-3-8-12(11(7)9)17-13(15)16-8/h1-5H. The Morgan fingerprint density at radius 2 is 1.94 bits per heavy atom. The summed E-state index contributed by atoms with van der Waals surface area (Å²) in [5.74, 6) is 0. The fourth-order valence-electron chi connectivity index (χ4n) is 2.19. The molecular formula is C13H5Cl2NOS. The first-order valence-electron chi connectivity index (χ1n) is 5.29. The van der Waals surface area contributed by atoms with Crippen LogP contribution >= 0.6 is 34.5 Å². The van der Waals surface area contributed by atoms with Gasteiger partial charge in [0, 0.05) is 25.2 Å². The lowest BCUT2D eigenvalue weighted by atomic mass is 10.1. The van der Waals surface area contributed by atoms with Crippen molar-refractivity contribution < 1.29 is 4.42 Å².